The predicted octanol–water partition coefficient (Wildman–Crippen LogP) is 1.20. The second-order valence-corrected chi connectivity index (χ2v) is 2.89. The van der Waals surface area contributed by atoms with Gasteiger partial charge in [0.15, 0.2) is 0 Å². The van der Waals surface area contributed by atoms with Crippen LogP contribution in [0.15, 0.2) is 11.0 Å². The lowest BCUT2D eigenvalue weighted by Crippen LogP contribution is -2.13. The van der Waals surface area contributed by atoms with Gasteiger partial charge >= 0.3 is 0 Å². The summed E-state index contributed by atoms with van der Waals surface area (Å²) in [5.74, 6) is 0.366. The van der Waals surface area contributed by atoms with Gasteiger partial charge in [0, 0.05) is 6.20 Å². The highest BCUT2D eigenvalue weighted by Crippen LogP contribution is 2.07. The predicted molar refractivity (Wildman–Crippen MR) is 43.7 cm³/mol. The average molecular weight is 152 g/mol. The van der Waals surface area contributed by atoms with E-state index in [1.54, 1.807) is 13.1 Å². The smallest absolute Gasteiger partial charge is 0.269 e. The van der Waals surface area contributed by atoms with E-state index in [9.17, 15) is 4.79 Å². The molecular weight excluding hydrogens is 140 g/mol. The van der Waals surface area contributed by atoms with Crippen LogP contribution in [0.4, 0.5) is 0 Å². The second kappa shape index (κ2) is 2.86. The van der Waals surface area contributed by atoms with Gasteiger partial charge in [-0.25, -0.2) is 0 Å². The Morgan fingerprint density at radius 3 is 2.64 bits per heavy atom. The first-order chi connectivity index (χ1) is 5.11. The maximum atomic E-state index is 10.9. The van der Waals surface area contributed by atoms with Crippen LogP contribution < -0.4 is 5.56 Å². The van der Waals surface area contributed by atoms with Crippen LogP contribution in [-0.4, -0.2) is 9.97 Å². The summed E-state index contributed by atoms with van der Waals surface area (Å²) in [7, 11) is 0. The number of rotatable bonds is 1. The largest absolute Gasteiger partial charge is 0.326 e. The van der Waals surface area contributed by atoms with Crippen molar-refractivity contribution in [3.63, 3.8) is 0 Å². The molecule has 0 unspecified atom stereocenters. The molecule has 0 aliphatic heterocycles. The highest BCUT2D eigenvalue weighted by Gasteiger charge is 2.01. The third-order valence-corrected chi connectivity index (χ3v) is 1.57. The molecule has 0 bridgehead atoms. The minimum atomic E-state index is -0.102. The topological polar surface area (TPSA) is 45.8 Å². The Morgan fingerprint density at radius 1 is 1.55 bits per heavy atom. The molecule has 0 atom stereocenters. The minimum Gasteiger partial charge on any atom is -0.326 e. The molecule has 0 saturated carbocycles. The van der Waals surface area contributed by atoms with Crippen LogP contribution in [0.3, 0.4) is 0 Å². The van der Waals surface area contributed by atoms with E-state index in [4.69, 9.17) is 0 Å². The van der Waals surface area contributed by atoms with Gasteiger partial charge in [0.25, 0.3) is 5.56 Å². The molecule has 0 spiro atoms. The van der Waals surface area contributed by atoms with Crippen LogP contribution in [0.2, 0.25) is 0 Å². The molecular formula is C8H12N2O. The van der Waals surface area contributed by atoms with E-state index < -0.39 is 0 Å². The first-order valence-electron chi connectivity index (χ1n) is 3.67. The monoisotopic (exact) mass is 152 g/mol. The molecule has 0 saturated heterocycles. The van der Waals surface area contributed by atoms with Gasteiger partial charge in [-0.15, -0.1) is 0 Å². The van der Waals surface area contributed by atoms with Crippen molar-refractivity contribution in [2.24, 2.45) is 0 Å². The zero-order chi connectivity index (χ0) is 8.43. The first kappa shape index (κ1) is 7.98. The molecule has 1 heterocycles. The molecule has 1 aromatic rings. The second-order valence-electron chi connectivity index (χ2n) is 2.89. The van der Waals surface area contributed by atoms with Crippen molar-refractivity contribution in [2.75, 3.05) is 0 Å². The molecule has 0 fully saturated rings. The Balaban J connectivity index is 3.15. The van der Waals surface area contributed by atoms with Gasteiger partial charge in [-0.1, -0.05) is 13.8 Å². The molecule has 0 amide bonds. The standard InChI is InChI=1S/C8H12N2O/c1-5(2)7-4-9-8(11)6(3)10-7/h4-5H,1-3H3,(H,9,11). The fourth-order valence-electron chi connectivity index (χ4n) is 0.816. The molecule has 0 aliphatic rings. The molecule has 3 heteroatoms. The van der Waals surface area contributed by atoms with Crippen molar-refractivity contribution in [1.29, 1.82) is 0 Å². The molecule has 0 aliphatic carbocycles. The van der Waals surface area contributed by atoms with Crippen molar-refractivity contribution in [3.8, 4) is 0 Å². The summed E-state index contributed by atoms with van der Waals surface area (Å²) in [4.78, 5) is 17.6. The maximum Gasteiger partial charge on any atom is 0.269 e. The molecule has 0 radical (unpaired) electrons. The Hall–Kier alpha value is -1.12. The van der Waals surface area contributed by atoms with E-state index >= 15 is 0 Å². The summed E-state index contributed by atoms with van der Waals surface area (Å²) in [6, 6.07) is 0. The third kappa shape index (κ3) is 1.67. The number of aromatic amines is 1. The van der Waals surface area contributed by atoms with Crippen LogP contribution >= 0.6 is 0 Å². The van der Waals surface area contributed by atoms with Crippen LogP contribution in [0.25, 0.3) is 0 Å². The van der Waals surface area contributed by atoms with E-state index in [-0.39, 0.29) is 5.56 Å². The summed E-state index contributed by atoms with van der Waals surface area (Å²) in [5.41, 5.74) is 1.37. The summed E-state index contributed by atoms with van der Waals surface area (Å²) < 4.78 is 0. The average Bonchev–Trinajstić information content (AvgIpc) is 1.94. The van der Waals surface area contributed by atoms with Crippen LogP contribution in [-0.2, 0) is 0 Å². The van der Waals surface area contributed by atoms with Crippen molar-refractivity contribution in [3.05, 3.63) is 27.9 Å². The van der Waals surface area contributed by atoms with Gasteiger partial charge in [-0.2, -0.15) is 0 Å². The number of aryl methyl sites for hydroxylation is 1. The lowest BCUT2D eigenvalue weighted by atomic mass is 10.1. The van der Waals surface area contributed by atoms with Gasteiger partial charge in [-0.3, -0.25) is 9.78 Å². The van der Waals surface area contributed by atoms with Crippen LogP contribution in [0.5, 0.6) is 0 Å². The lowest BCUT2D eigenvalue weighted by Gasteiger charge is -2.02. The molecule has 11 heavy (non-hydrogen) atoms. The van der Waals surface area contributed by atoms with Gasteiger partial charge in [0.1, 0.15) is 5.69 Å². The Morgan fingerprint density at radius 2 is 2.18 bits per heavy atom. The van der Waals surface area contributed by atoms with Crippen molar-refractivity contribution >= 4 is 0 Å². The van der Waals surface area contributed by atoms with E-state index in [0.717, 1.165) is 5.69 Å². The fourth-order valence-corrected chi connectivity index (χ4v) is 0.816. The zero-order valence-electron chi connectivity index (χ0n) is 7.01. The fraction of sp³-hybridized carbons (Fsp3) is 0.500. The number of hydrogen-bond donors (Lipinski definition) is 1. The number of hydrogen-bond acceptors (Lipinski definition) is 2. The number of H-pyrrole nitrogens is 1. The zero-order valence-corrected chi connectivity index (χ0v) is 7.01. The summed E-state index contributed by atoms with van der Waals surface area (Å²) >= 11 is 0. The molecule has 3 nitrogen and oxygen atoms in total. The van der Waals surface area contributed by atoms with Crippen molar-refractivity contribution in [1.82, 2.24) is 9.97 Å². The highest BCUT2D eigenvalue weighted by atomic mass is 16.1. The van der Waals surface area contributed by atoms with E-state index in [2.05, 4.69) is 9.97 Å². The Kier molecular flexibility index (Phi) is 2.08. The summed E-state index contributed by atoms with van der Waals surface area (Å²) in [6.45, 7) is 5.80. The molecule has 1 rings (SSSR count). The van der Waals surface area contributed by atoms with Crippen LogP contribution in [0.1, 0.15) is 31.2 Å². The Labute approximate surface area is 65.5 Å². The third-order valence-electron chi connectivity index (χ3n) is 1.57. The number of nitrogens with zero attached hydrogens (tertiary/aromatic N) is 1. The van der Waals surface area contributed by atoms with Gasteiger partial charge in [0.05, 0.1) is 5.69 Å². The van der Waals surface area contributed by atoms with Crippen molar-refractivity contribution < 1.29 is 0 Å². The SMILES string of the molecule is Cc1nc(C(C)C)c[nH]c1=O. The van der Waals surface area contributed by atoms with E-state index in [0.29, 0.717) is 11.6 Å². The van der Waals surface area contributed by atoms with Gasteiger partial charge in [-0.05, 0) is 12.8 Å². The van der Waals surface area contributed by atoms with Crippen LogP contribution in [0, 0.1) is 6.92 Å². The Bertz CT molecular complexity index is 301. The van der Waals surface area contributed by atoms with E-state index in [1.165, 1.54) is 0 Å². The highest BCUT2D eigenvalue weighted by molar-refractivity contribution is 5.05. The van der Waals surface area contributed by atoms with E-state index in [1.807, 2.05) is 13.8 Å². The molecule has 60 valence electrons. The first-order valence-corrected chi connectivity index (χ1v) is 3.67. The number of aromatic nitrogens is 2. The summed E-state index contributed by atoms with van der Waals surface area (Å²) in [6.07, 6.45) is 1.67. The molecule has 1 N–H and O–H groups in total. The summed E-state index contributed by atoms with van der Waals surface area (Å²) in [5, 5.41) is 0. The lowest BCUT2D eigenvalue weighted by molar-refractivity contribution is 0.797. The maximum absolute atomic E-state index is 10.9. The minimum absolute atomic E-state index is 0.102. The van der Waals surface area contributed by atoms with Gasteiger partial charge in [0.2, 0.25) is 0 Å². The quantitative estimate of drug-likeness (QED) is 0.657. The number of nitrogens with one attached hydrogen (secondary N) is 1. The molecule has 1 aromatic heterocycles. The normalized spacial score (nSPS) is 10.5. The molecule has 0 aromatic carbocycles. The van der Waals surface area contributed by atoms with Gasteiger partial charge < -0.3 is 4.98 Å². The van der Waals surface area contributed by atoms with Crippen molar-refractivity contribution in [2.45, 2.75) is 26.7 Å².